The fourth-order valence-corrected chi connectivity index (χ4v) is 3.69. The third-order valence-electron chi connectivity index (χ3n) is 5.33. The Bertz CT molecular complexity index is 936. The first kappa shape index (κ1) is 25.7. The molecule has 0 atom stereocenters. The molecule has 2 aromatic carbocycles. The van der Waals surface area contributed by atoms with Gasteiger partial charge in [-0.3, -0.25) is 4.90 Å². The minimum atomic E-state index is 0. The number of nitriles is 1. The molecule has 1 saturated heterocycles. The lowest BCUT2D eigenvalue weighted by Crippen LogP contribution is -2.52. The predicted octanol–water partition coefficient (Wildman–Crippen LogP) is 3.48. The molecule has 0 bridgehead atoms. The Morgan fingerprint density at radius 1 is 1.03 bits per heavy atom. The van der Waals surface area contributed by atoms with Crippen LogP contribution in [0.4, 0.5) is 0 Å². The second-order valence-electron chi connectivity index (χ2n) is 7.43. The standard InChI is InChI=1S/C24H31N5O2.HI/c1-4-26-24(27-17-20-7-5-6-19(14-20)16-25)29-12-10-28(11-13-29)18-21-8-9-22(30-2)23(15-21)31-3;/h5-9,14-15H,4,10-13,17-18H2,1-3H3,(H,26,27);1H. The number of halogens is 1. The highest BCUT2D eigenvalue weighted by Gasteiger charge is 2.20. The zero-order valence-electron chi connectivity index (χ0n) is 19.0. The van der Waals surface area contributed by atoms with Crippen LogP contribution in [0.1, 0.15) is 23.6 Å². The van der Waals surface area contributed by atoms with Crippen LogP contribution in [-0.2, 0) is 13.1 Å². The van der Waals surface area contributed by atoms with Crippen LogP contribution in [0.25, 0.3) is 0 Å². The van der Waals surface area contributed by atoms with E-state index < -0.39 is 0 Å². The van der Waals surface area contributed by atoms with E-state index in [2.05, 4.69) is 34.2 Å². The normalized spacial score (nSPS) is 14.3. The molecule has 2 aromatic rings. The zero-order valence-corrected chi connectivity index (χ0v) is 21.3. The highest BCUT2D eigenvalue weighted by Crippen LogP contribution is 2.28. The average Bonchev–Trinajstić information content (AvgIpc) is 2.82. The molecule has 0 amide bonds. The van der Waals surface area contributed by atoms with Crippen LogP contribution in [0.15, 0.2) is 47.5 Å². The van der Waals surface area contributed by atoms with Crippen molar-refractivity contribution in [3.8, 4) is 17.6 Å². The maximum atomic E-state index is 9.09. The fourth-order valence-electron chi connectivity index (χ4n) is 3.69. The molecule has 0 aliphatic carbocycles. The number of aliphatic imine (C=N–C) groups is 1. The fraction of sp³-hybridized carbons (Fsp3) is 0.417. The third-order valence-corrected chi connectivity index (χ3v) is 5.33. The highest BCUT2D eigenvalue weighted by molar-refractivity contribution is 14.0. The van der Waals surface area contributed by atoms with Crippen LogP contribution in [0.5, 0.6) is 11.5 Å². The molecule has 1 heterocycles. The van der Waals surface area contributed by atoms with Gasteiger partial charge in [0.1, 0.15) is 0 Å². The number of nitrogens with zero attached hydrogens (tertiary/aromatic N) is 4. The second-order valence-corrected chi connectivity index (χ2v) is 7.43. The van der Waals surface area contributed by atoms with Crippen molar-refractivity contribution < 1.29 is 9.47 Å². The Morgan fingerprint density at radius 2 is 1.78 bits per heavy atom. The number of methoxy groups -OCH3 is 2. The van der Waals surface area contributed by atoms with Crippen molar-refractivity contribution in [1.29, 1.82) is 5.26 Å². The molecular formula is C24H32IN5O2. The van der Waals surface area contributed by atoms with Crippen LogP contribution in [-0.4, -0.2) is 62.7 Å². The van der Waals surface area contributed by atoms with E-state index in [4.69, 9.17) is 19.7 Å². The van der Waals surface area contributed by atoms with Gasteiger partial charge in [-0.05, 0) is 42.3 Å². The summed E-state index contributed by atoms with van der Waals surface area (Å²) in [6.07, 6.45) is 0. The van der Waals surface area contributed by atoms with E-state index >= 15 is 0 Å². The predicted molar refractivity (Wildman–Crippen MR) is 138 cm³/mol. The van der Waals surface area contributed by atoms with Gasteiger partial charge >= 0.3 is 0 Å². The molecule has 0 saturated carbocycles. The summed E-state index contributed by atoms with van der Waals surface area (Å²) < 4.78 is 10.8. The molecule has 172 valence electrons. The van der Waals surface area contributed by atoms with Gasteiger partial charge in [-0.25, -0.2) is 4.99 Å². The minimum Gasteiger partial charge on any atom is -0.493 e. The summed E-state index contributed by atoms with van der Waals surface area (Å²) in [6.45, 7) is 8.09. The third kappa shape index (κ3) is 7.00. The number of hydrogen-bond acceptors (Lipinski definition) is 5. The molecule has 0 unspecified atom stereocenters. The largest absolute Gasteiger partial charge is 0.493 e. The van der Waals surface area contributed by atoms with Gasteiger partial charge in [-0.15, -0.1) is 24.0 Å². The summed E-state index contributed by atoms with van der Waals surface area (Å²) in [4.78, 5) is 9.56. The Labute approximate surface area is 208 Å². The van der Waals surface area contributed by atoms with Gasteiger partial charge in [0.05, 0.1) is 32.4 Å². The van der Waals surface area contributed by atoms with Crippen molar-refractivity contribution in [1.82, 2.24) is 15.1 Å². The first-order valence-electron chi connectivity index (χ1n) is 10.6. The summed E-state index contributed by atoms with van der Waals surface area (Å²) in [5, 5.41) is 12.5. The van der Waals surface area contributed by atoms with Gasteiger partial charge in [0.15, 0.2) is 17.5 Å². The molecule has 32 heavy (non-hydrogen) atoms. The second kappa shape index (κ2) is 13.1. The number of hydrogen-bond donors (Lipinski definition) is 1. The monoisotopic (exact) mass is 549 g/mol. The molecule has 0 aromatic heterocycles. The van der Waals surface area contributed by atoms with E-state index in [1.165, 1.54) is 5.56 Å². The van der Waals surface area contributed by atoms with E-state index in [1.807, 2.05) is 36.4 Å². The van der Waals surface area contributed by atoms with E-state index in [0.717, 1.165) is 62.3 Å². The van der Waals surface area contributed by atoms with Gasteiger partial charge in [-0.2, -0.15) is 5.26 Å². The van der Waals surface area contributed by atoms with Crippen molar-refractivity contribution in [2.24, 2.45) is 4.99 Å². The Morgan fingerprint density at radius 3 is 2.44 bits per heavy atom. The molecule has 1 aliphatic rings. The summed E-state index contributed by atoms with van der Waals surface area (Å²) in [6, 6.07) is 15.9. The minimum absolute atomic E-state index is 0. The number of guanidine groups is 1. The smallest absolute Gasteiger partial charge is 0.194 e. The van der Waals surface area contributed by atoms with Crippen LogP contribution in [0.2, 0.25) is 0 Å². The topological polar surface area (TPSA) is 73.1 Å². The van der Waals surface area contributed by atoms with Crippen molar-refractivity contribution in [3.63, 3.8) is 0 Å². The van der Waals surface area contributed by atoms with Gasteiger partial charge in [-0.1, -0.05) is 18.2 Å². The van der Waals surface area contributed by atoms with Crippen LogP contribution in [0, 0.1) is 11.3 Å². The van der Waals surface area contributed by atoms with Crippen molar-refractivity contribution in [3.05, 3.63) is 59.2 Å². The van der Waals surface area contributed by atoms with E-state index in [-0.39, 0.29) is 24.0 Å². The molecule has 1 aliphatic heterocycles. The van der Waals surface area contributed by atoms with Crippen molar-refractivity contribution in [2.75, 3.05) is 46.9 Å². The van der Waals surface area contributed by atoms with E-state index in [9.17, 15) is 0 Å². The molecule has 3 rings (SSSR count). The lowest BCUT2D eigenvalue weighted by atomic mass is 10.1. The first-order valence-corrected chi connectivity index (χ1v) is 10.6. The van der Waals surface area contributed by atoms with Gasteiger partial charge in [0, 0.05) is 39.3 Å². The van der Waals surface area contributed by atoms with Crippen LogP contribution < -0.4 is 14.8 Å². The Hall–Kier alpha value is -2.51. The van der Waals surface area contributed by atoms with E-state index in [0.29, 0.717) is 12.1 Å². The van der Waals surface area contributed by atoms with Crippen molar-refractivity contribution >= 4 is 29.9 Å². The van der Waals surface area contributed by atoms with Crippen LogP contribution in [0.3, 0.4) is 0 Å². The summed E-state index contributed by atoms with van der Waals surface area (Å²) in [7, 11) is 3.32. The summed E-state index contributed by atoms with van der Waals surface area (Å²) in [5.41, 5.74) is 2.92. The number of ether oxygens (including phenoxy) is 2. The summed E-state index contributed by atoms with van der Waals surface area (Å²) in [5.74, 6) is 2.44. The quantitative estimate of drug-likeness (QED) is 0.324. The molecular weight excluding hydrogens is 517 g/mol. The molecule has 1 fully saturated rings. The lowest BCUT2D eigenvalue weighted by Gasteiger charge is -2.36. The van der Waals surface area contributed by atoms with Gasteiger partial charge < -0.3 is 19.7 Å². The number of piperazine rings is 1. The Kier molecular flexibility index (Phi) is 10.6. The highest BCUT2D eigenvalue weighted by atomic mass is 127. The molecule has 0 spiro atoms. The average molecular weight is 549 g/mol. The molecule has 8 heteroatoms. The molecule has 0 radical (unpaired) electrons. The molecule has 1 N–H and O–H groups in total. The zero-order chi connectivity index (χ0) is 22.1. The Balaban J connectivity index is 0.00000363. The number of rotatable bonds is 7. The number of nitrogens with one attached hydrogen (secondary N) is 1. The van der Waals surface area contributed by atoms with Crippen LogP contribution >= 0.6 is 24.0 Å². The number of benzene rings is 2. The van der Waals surface area contributed by atoms with Gasteiger partial charge in [0.2, 0.25) is 0 Å². The maximum absolute atomic E-state index is 9.09. The summed E-state index contributed by atoms with van der Waals surface area (Å²) >= 11 is 0. The maximum Gasteiger partial charge on any atom is 0.194 e. The van der Waals surface area contributed by atoms with E-state index in [1.54, 1.807) is 14.2 Å². The van der Waals surface area contributed by atoms with Gasteiger partial charge in [0.25, 0.3) is 0 Å². The molecule has 7 nitrogen and oxygen atoms in total. The lowest BCUT2D eigenvalue weighted by molar-refractivity contribution is 0.172. The van der Waals surface area contributed by atoms with Crippen molar-refractivity contribution in [2.45, 2.75) is 20.0 Å². The SMILES string of the molecule is CCNC(=NCc1cccc(C#N)c1)N1CCN(Cc2ccc(OC)c(OC)c2)CC1.I. The first-order chi connectivity index (χ1) is 15.2.